The Balaban J connectivity index is 2.80. The zero-order chi connectivity index (χ0) is 14.8. The molecule has 2 amide bonds. The predicted octanol–water partition coefficient (Wildman–Crippen LogP) is 0.668. The molecule has 0 heterocycles. The third kappa shape index (κ3) is 3.52. The van der Waals surface area contributed by atoms with Crippen LogP contribution in [0.25, 0.3) is 0 Å². The van der Waals surface area contributed by atoms with E-state index in [0.29, 0.717) is 6.29 Å². The van der Waals surface area contributed by atoms with Crippen molar-refractivity contribution < 1.29 is 29.0 Å². The summed E-state index contributed by atoms with van der Waals surface area (Å²) >= 11 is 0. The lowest BCUT2D eigenvalue weighted by Crippen LogP contribution is -2.39. The molecule has 1 aliphatic carbocycles. The molecular weight excluding hydrogens is 254 g/mol. The number of amides is 2. The maximum atomic E-state index is 11.8. The minimum absolute atomic E-state index is 0.00519. The van der Waals surface area contributed by atoms with Gasteiger partial charge < -0.3 is 14.6 Å². The zero-order valence-electron chi connectivity index (χ0n) is 11.0. The Morgan fingerprint density at radius 1 is 1.32 bits per heavy atom. The summed E-state index contributed by atoms with van der Waals surface area (Å²) in [5, 5.41) is 8.97. The Bertz CT molecular complexity index is 400. The second kappa shape index (κ2) is 5.38. The second-order valence-electron chi connectivity index (χ2n) is 5.41. The quantitative estimate of drug-likeness (QED) is 0.737. The van der Waals surface area contributed by atoms with Crippen LogP contribution in [0.3, 0.4) is 0 Å². The third-order valence-electron chi connectivity index (χ3n) is 2.82. The van der Waals surface area contributed by atoms with Crippen molar-refractivity contribution in [3.63, 3.8) is 0 Å². The lowest BCUT2D eigenvalue weighted by atomic mass is 10.2. The summed E-state index contributed by atoms with van der Waals surface area (Å²) in [7, 11) is 0. The molecule has 3 atom stereocenters. The lowest BCUT2D eigenvalue weighted by Gasteiger charge is -2.23. The summed E-state index contributed by atoms with van der Waals surface area (Å²) in [6.45, 7) is 4.91. The smallest absolute Gasteiger partial charge is 0.417 e. The van der Waals surface area contributed by atoms with E-state index < -0.39 is 35.5 Å². The molecule has 0 spiro atoms. The van der Waals surface area contributed by atoms with Gasteiger partial charge >= 0.3 is 12.1 Å². The number of ether oxygens (including phenoxy) is 1. The summed E-state index contributed by atoms with van der Waals surface area (Å²) in [4.78, 5) is 44.9. The molecule has 1 aliphatic rings. The average molecular weight is 271 g/mol. The molecule has 1 fully saturated rings. The third-order valence-corrected chi connectivity index (χ3v) is 2.82. The van der Waals surface area contributed by atoms with E-state index >= 15 is 0 Å². The van der Waals surface area contributed by atoms with E-state index in [1.54, 1.807) is 20.8 Å². The molecule has 1 saturated carbocycles. The van der Waals surface area contributed by atoms with Gasteiger partial charge in [0.2, 0.25) is 6.41 Å². The highest BCUT2D eigenvalue weighted by molar-refractivity contribution is 5.85. The molecule has 0 bridgehead atoms. The number of hydrogen-bond donors (Lipinski definition) is 1. The number of rotatable bonds is 5. The second-order valence-corrected chi connectivity index (χ2v) is 5.41. The Morgan fingerprint density at radius 2 is 1.89 bits per heavy atom. The highest BCUT2D eigenvalue weighted by atomic mass is 16.6. The van der Waals surface area contributed by atoms with Gasteiger partial charge in [-0.3, -0.25) is 9.59 Å². The molecule has 0 aromatic heterocycles. The van der Waals surface area contributed by atoms with Crippen LogP contribution in [0.2, 0.25) is 0 Å². The molecule has 106 valence electrons. The van der Waals surface area contributed by atoms with Crippen LogP contribution in [-0.2, 0) is 19.1 Å². The normalized spacial score (nSPS) is 25.3. The minimum atomic E-state index is -1.13. The van der Waals surface area contributed by atoms with Crippen molar-refractivity contribution in [1.82, 2.24) is 4.90 Å². The van der Waals surface area contributed by atoms with Gasteiger partial charge in [-0.15, -0.1) is 0 Å². The van der Waals surface area contributed by atoms with Gasteiger partial charge in [-0.05, 0) is 20.8 Å². The standard InChI is InChI=1S/C12H17NO6/c1-12(2,3)19-11(18)13(6-15)9-7(4-5-14)8(9)10(16)17/h5-9H,4H2,1-3H3,(H,16,17)/t7-,8-,9-/m1/s1. The van der Waals surface area contributed by atoms with Crippen molar-refractivity contribution in [2.24, 2.45) is 11.8 Å². The van der Waals surface area contributed by atoms with Gasteiger partial charge in [0.15, 0.2) is 0 Å². The van der Waals surface area contributed by atoms with Gasteiger partial charge in [0.05, 0.1) is 12.0 Å². The van der Waals surface area contributed by atoms with Crippen LogP contribution in [0.15, 0.2) is 0 Å². The summed E-state index contributed by atoms with van der Waals surface area (Å²) in [5.74, 6) is -2.57. The van der Waals surface area contributed by atoms with Crippen molar-refractivity contribution in [1.29, 1.82) is 0 Å². The molecule has 0 aliphatic heterocycles. The van der Waals surface area contributed by atoms with E-state index in [2.05, 4.69) is 0 Å². The van der Waals surface area contributed by atoms with Gasteiger partial charge in [-0.25, -0.2) is 9.69 Å². The molecule has 0 radical (unpaired) electrons. The number of aliphatic carboxylic acids is 1. The Morgan fingerprint density at radius 3 is 2.26 bits per heavy atom. The van der Waals surface area contributed by atoms with Crippen LogP contribution in [0.4, 0.5) is 4.79 Å². The summed E-state index contributed by atoms with van der Waals surface area (Å²) < 4.78 is 5.02. The van der Waals surface area contributed by atoms with Gasteiger partial charge in [-0.1, -0.05) is 0 Å². The summed E-state index contributed by atoms with van der Waals surface area (Å²) in [5.41, 5.74) is -0.786. The summed E-state index contributed by atoms with van der Waals surface area (Å²) in [6.07, 6.45) is -0.0698. The lowest BCUT2D eigenvalue weighted by molar-refractivity contribution is -0.139. The first-order chi connectivity index (χ1) is 8.72. The molecule has 1 N–H and O–H groups in total. The van der Waals surface area contributed by atoms with E-state index in [1.165, 1.54) is 0 Å². The van der Waals surface area contributed by atoms with E-state index in [-0.39, 0.29) is 12.8 Å². The number of carboxylic acids is 1. The number of carbonyl (C=O) groups is 4. The predicted molar refractivity (Wildman–Crippen MR) is 63.2 cm³/mol. The number of nitrogens with zero attached hydrogens (tertiary/aromatic N) is 1. The van der Waals surface area contributed by atoms with E-state index in [0.717, 1.165) is 4.90 Å². The maximum Gasteiger partial charge on any atom is 0.417 e. The first-order valence-electron chi connectivity index (χ1n) is 5.86. The number of carboxylic acid groups (broad SMARTS) is 1. The van der Waals surface area contributed by atoms with E-state index in [1.807, 2.05) is 0 Å². The molecule has 19 heavy (non-hydrogen) atoms. The van der Waals surface area contributed by atoms with Crippen molar-refractivity contribution in [3.05, 3.63) is 0 Å². The summed E-state index contributed by atoms with van der Waals surface area (Å²) in [6, 6.07) is -0.810. The highest BCUT2D eigenvalue weighted by Gasteiger charge is 2.59. The SMILES string of the molecule is CC(C)(C)OC(=O)N(C=O)[C@@H]1[C@H](CC=O)[C@H]1C(=O)O. The van der Waals surface area contributed by atoms with Gasteiger partial charge in [-0.2, -0.15) is 0 Å². The van der Waals surface area contributed by atoms with Crippen molar-refractivity contribution >= 4 is 24.8 Å². The van der Waals surface area contributed by atoms with Crippen LogP contribution in [0.1, 0.15) is 27.2 Å². The number of carbonyl (C=O) groups excluding carboxylic acids is 3. The first kappa shape index (κ1) is 15.1. The largest absolute Gasteiger partial charge is 0.481 e. The molecule has 0 aromatic carbocycles. The molecular formula is C12H17NO6. The van der Waals surface area contributed by atoms with E-state index in [9.17, 15) is 19.2 Å². The maximum absolute atomic E-state index is 11.8. The average Bonchev–Trinajstić information content (AvgIpc) is 2.91. The van der Waals surface area contributed by atoms with Crippen molar-refractivity contribution in [3.8, 4) is 0 Å². The van der Waals surface area contributed by atoms with Crippen molar-refractivity contribution in [2.75, 3.05) is 0 Å². The van der Waals surface area contributed by atoms with Gasteiger partial charge in [0.1, 0.15) is 11.9 Å². The first-order valence-corrected chi connectivity index (χ1v) is 5.86. The molecule has 1 rings (SSSR count). The fourth-order valence-electron chi connectivity index (χ4n) is 2.01. The Hall–Kier alpha value is -1.92. The van der Waals surface area contributed by atoms with Crippen LogP contribution in [0, 0.1) is 11.8 Å². The number of aldehydes is 1. The Kier molecular flexibility index (Phi) is 4.28. The molecule has 0 saturated heterocycles. The molecule has 7 nitrogen and oxygen atoms in total. The van der Waals surface area contributed by atoms with Crippen molar-refractivity contribution in [2.45, 2.75) is 38.8 Å². The number of imide groups is 1. The topological polar surface area (TPSA) is 101 Å². The van der Waals surface area contributed by atoms with Crippen LogP contribution in [-0.4, -0.2) is 46.4 Å². The monoisotopic (exact) mass is 271 g/mol. The van der Waals surface area contributed by atoms with E-state index in [4.69, 9.17) is 9.84 Å². The van der Waals surface area contributed by atoms with Gasteiger partial charge in [0, 0.05) is 12.3 Å². The molecule has 0 unspecified atom stereocenters. The molecule has 0 aromatic rings. The fraction of sp³-hybridized carbons (Fsp3) is 0.667. The van der Waals surface area contributed by atoms with Gasteiger partial charge in [0.25, 0.3) is 0 Å². The van der Waals surface area contributed by atoms with Crippen LogP contribution >= 0.6 is 0 Å². The van der Waals surface area contributed by atoms with Crippen LogP contribution in [0.5, 0.6) is 0 Å². The zero-order valence-corrected chi connectivity index (χ0v) is 11.0. The number of hydrogen-bond acceptors (Lipinski definition) is 5. The van der Waals surface area contributed by atoms with Crippen LogP contribution < -0.4 is 0 Å². The fourth-order valence-corrected chi connectivity index (χ4v) is 2.01. The minimum Gasteiger partial charge on any atom is -0.481 e. The Labute approximate surface area is 110 Å². The highest BCUT2D eigenvalue weighted by Crippen LogP contribution is 2.45. The molecule has 7 heteroatoms.